The van der Waals surface area contributed by atoms with Crippen LogP contribution in [0.4, 0.5) is 0 Å². The van der Waals surface area contributed by atoms with Gasteiger partial charge >= 0.3 is 5.97 Å². The number of carboxylic acids is 1. The topological polar surface area (TPSA) is 107 Å². The summed E-state index contributed by atoms with van der Waals surface area (Å²) in [5.74, 6) is -0.165. The smallest absolute Gasteiger partial charge is 0.303 e. The molecule has 0 saturated carbocycles. The third-order valence-electron chi connectivity index (χ3n) is 1.95. The van der Waals surface area contributed by atoms with Gasteiger partial charge in [0.05, 0.1) is 12.0 Å². The number of hydrogen-bond acceptors (Lipinski definition) is 4. The van der Waals surface area contributed by atoms with Gasteiger partial charge in [0.25, 0.3) is 0 Å². The maximum Gasteiger partial charge on any atom is 0.303 e. The van der Waals surface area contributed by atoms with Crippen LogP contribution in [0.25, 0.3) is 0 Å². The number of primary sulfonamides is 1. The van der Waals surface area contributed by atoms with Crippen molar-refractivity contribution >= 4 is 16.0 Å². The summed E-state index contributed by atoms with van der Waals surface area (Å²) in [5.41, 5.74) is 0. The zero-order chi connectivity index (χ0) is 14.9. The van der Waals surface area contributed by atoms with Gasteiger partial charge in [0, 0.05) is 6.42 Å². The Hall–Kier alpha value is -1.86. The van der Waals surface area contributed by atoms with Crippen LogP contribution in [0.1, 0.15) is 12.8 Å². The predicted molar refractivity (Wildman–Crippen MR) is 71.4 cm³/mol. The number of rotatable bonds is 5. The predicted octanol–water partition coefficient (Wildman–Crippen LogP) is 1.38. The number of carbonyl (C=O) groups is 1. The highest BCUT2D eigenvalue weighted by atomic mass is 32.2. The van der Waals surface area contributed by atoms with E-state index in [2.05, 4.69) is 6.58 Å². The van der Waals surface area contributed by atoms with Crippen molar-refractivity contribution in [3.8, 4) is 5.75 Å². The van der Waals surface area contributed by atoms with Crippen molar-refractivity contribution < 1.29 is 23.1 Å². The lowest BCUT2D eigenvalue weighted by Gasteiger charge is -2.00. The molecule has 1 aromatic rings. The highest BCUT2D eigenvalue weighted by Gasteiger charge is 2.05. The van der Waals surface area contributed by atoms with Gasteiger partial charge in [-0.05, 0) is 30.7 Å². The van der Waals surface area contributed by atoms with Crippen molar-refractivity contribution in [1.82, 2.24) is 0 Å². The van der Waals surface area contributed by atoms with E-state index >= 15 is 0 Å². The minimum Gasteiger partial charge on any atom is -0.497 e. The molecule has 0 atom stereocenters. The van der Waals surface area contributed by atoms with Gasteiger partial charge < -0.3 is 9.84 Å². The monoisotopic (exact) mass is 287 g/mol. The molecule has 1 rings (SSSR count). The molecule has 0 bridgehead atoms. The second-order valence-electron chi connectivity index (χ2n) is 3.44. The molecule has 0 heterocycles. The first-order valence-electron chi connectivity index (χ1n) is 5.30. The van der Waals surface area contributed by atoms with E-state index in [1.165, 1.54) is 19.2 Å². The van der Waals surface area contributed by atoms with Crippen molar-refractivity contribution in [2.45, 2.75) is 17.7 Å². The summed E-state index contributed by atoms with van der Waals surface area (Å²) in [7, 11) is -2.08. The fraction of sp³-hybridized carbons (Fsp3) is 0.250. The number of benzene rings is 1. The average molecular weight is 287 g/mol. The van der Waals surface area contributed by atoms with Gasteiger partial charge in [-0.25, -0.2) is 13.6 Å². The van der Waals surface area contributed by atoms with Gasteiger partial charge in [0.1, 0.15) is 5.75 Å². The fourth-order valence-corrected chi connectivity index (χ4v) is 1.51. The zero-order valence-electron chi connectivity index (χ0n) is 10.6. The number of aliphatic carboxylic acids is 1. The Kier molecular flexibility index (Phi) is 7.47. The van der Waals surface area contributed by atoms with E-state index in [0.717, 1.165) is 0 Å². The minimum absolute atomic E-state index is 0.0864. The Morgan fingerprint density at radius 1 is 1.42 bits per heavy atom. The van der Waals surface area contributed by atoms with E-state index in [1.807, 2.05) is 0 Å². The first-order chi connectivity index (χ1) is 8.81. The molecule has 0 amide bonds. The first-order valence-corrected chi connectivity index (χ1v) is 6.85. The quantitative estimate of drug-likeness (QED) is 0.796. The highest BCUT2D eigenvalue weighted by Crippen LogP contribution is 2.13. The Bertz CT molecular complexity index is 507. The molecule has 19 heavy (non-hydrogen) atoms. The van der Waals surface area contributed by atoms with Crippen molar-refractivity contribution in [3.05, 3.63) is 36.9 Å². The molecule has 0 aromatic heterocycles. The number of nitrogens with two attached hydrogens (primary N) is 1. The van der Waals surface area contributed by atoms with E-state index in [4.69, 9.17) is 15.0 Å². The molecule has 0 radical (unpaired) electrons. The van der Waals surface area contributed by atoms with Gasteiger partial charge in [0.2, 0.25) is 10.0 Å². The van der Waals surface area contributed by atoms with E-state index < -0.39 is 16.0 Å². The second kappa shape index (κ2) is 8.28. The lowest BCUT2D eigenvalue weighted by atomic mass is 10.3. The van der Waals surface area contributed by atoms with Gasteiger partial charge in [-0.1, -0.05) is 6.08 Å². The van der Waals surface area contributed by atoms with Crippen molar-refractivity contribution in [2.24, 2.45) is 5.14 Å². The van der Waals surface area contributed by atoms with Crippen molar-refractivity contribution in [3.63, 3.8) is 0 Å². The molecule has 0 spiro atoms. The summed E-state index contributed by atoms with van der Waals surface area (Å²) < 4.78 is 26.4. The third kappa shape index (κ3) is 7.96. The molecule has 106 valence electrons. The number of ether oxygens (including phenoxy) is 1. The number of carboxylic acid groups (broad SMARTS) is 1. The summed E-state index contributed by atoms with van der Waals surface area (Å²) in [6.45, 7) is 3.37. The number of hydrogen-bond donors (Lipinski definition) is 2. The van der Waals surface area contributed by atoms with Gasteiger partial charge in [-0.15, -0.1) is 6.58 Å². The van der Waals surface area contributed by atoms with E-state index in [0.29, 0.717) is 12.2 Å². The Morgan fingerprint density at radius 2 is 1.95 bits per heavy atom. The SMILES string of the molecule is C=CCCC(=O)O.COc1ccc(S(N)(=O)=O)cc1. The molecule has 1 aromatic carbocycles. The molecule has 7 heteroatoms. The summed E-state index contributed by atoms with van der Waals surface area (Å²) in [5, 5.41) is 12.9. The lowest BCUT2D eigenvalue weighted by molar-refractivity contribution is -0.136. The maximum absolute atomic E-state index is 10.8. The molecule has 0 aliphatic rings. The molecular formula is C12H17NO5S. The fourth-order valence-electron chi connectivity index (χ4n) is 0.991. The van der Waals surface area contributed by atoms with Crippen LogP contribution in [0.5, 0.6) is 5.75 Å². The summed E-state index contributed by atoms with van der Waals surface area (Å²) in [4.78, 5) is 9.80. The van der Waals surface area contributed by atoms with Crippen LogP contribution in [0.3, 0.4) is 0 Å². The summed E-state index contributed by atoms with van der Waals surface area (Å²) in [6, 6.07) is 5.88. The molecule has 0 fully saturated rings. The number of sulfonamides is 1. The van der Waals surface area contributed by atoms with Crippen LogP contribution in [0.2, 0.25) is 0 Å². The molecular weight excluding hydrogens is 270 g/mol. The van der Waals surface area contributed by atoms with Gasteiger partial charge in [0.15, 0.2) is 0 Å². The van der Waals surface area contributed by atoms with Crippen LogP contribution < -0.4 is 9.88 Å². The molecule has 3 N–H and O–H groups in total. The van der Waals surface area contributed by atoms with Crippen LogP contribution in [-0.2, 0) is 14.8 Å². The normalized spacial score (nSPS) is 10.0. The molecule has 0 unspecified atom stereocenters. The van der Waals surface area contributed by atoms with Gasteiger partial charge in [-0.2, -0.15) is 0 Å². The number of allylic oxidation sites excluding steroid dienone is 1. The van der Waals surface area contributed by atoms with E-state index in [-0.39, 0.29) is 11.3 Å². The van der Waals surface area contributed by atoms with E-state index in [1.54, 1.807) is 18.2 Å². The lowest BCUT2D eigenvalue weighted by Crippen LogP contribution is -2.11. The molecule has 0 saturated heterocycles. The highest BCUT2D eigenvalue weighted by molar-refractivity contribution is 7.89. The van der Waals surface area contributed by atoms with Crippen LogP contribution in [-0.4, -0.2) is 26.6 Å². The Labute approximate surface area is 112 Å². The Balaban J connectivity index is 0.000000399. The first kappa shape index (κ1) is 17.1. The second-order valence-corrected chi connectivity index (χ2v) is 5.00. The van der Waals surface area contributed by atoms with E-state index in [9.17, 15) is 13.2 Å². The van der Waals surface area contributed by atoms with Crippen LogP contribution in [0.15, 0.2) is 41.8 Å². The van der Waals surface area contributed by atoms with Crippen LogP contribution in [0, 0.1) is 0 Å². The number of methoxy groups -OCH3 is 1. The van der Waals surface area contributed by atoms with Crippen molar-refractivity contribution in [2.75, 3.05) is 7.11 Å². The molecule has 6 nitrogen and oxygen atoms in total. The molecule has 0 aliphatic carbocycles. The van der Waals surface area contributed by atoms with Crippen LogP contribution >= 0.6 is 0 Å². The Morgan fingerprint density at radius 3 is 2.21 bits per heavy atom. The molecule has 0 aliphatic heterocycles. The van der Waals surface area contributed by atoms with Gasteiger partial charge in [-0.3, -0.25) is 4.79 Å². The largest absolute Gasteiger partial charge is 0.497 e. The van der Waals surface area contributed by atoms with Crippen molar-refractivity contribution in [1.29, 1.82) is 0 Å². The minimum atomic E-state index is -3.58. The third-order valence-corrected chi connectivity index (χ3v) is 2.88. The zero-order valence-corrected chi connectivity index (χ0v) is 11.4. The maximum atomic E-state index is 10.8. The summed E-state index contributed by atoms with van der Waals surface area (Å²) in [6.07, 6.45) is 2.35. The summed E-state index contributed by atoms with van der Waals surface area (Å²) >= 11 is 0. The average Bonchev–Trinajstić information content (AvgIpc) is 2.36. The standard InChI is InChI=1S/C7H9NO3S.C5H8O2/c1-11-6-2-4-7(5-3-6)12(8,9)10;1-2-3-4-5(6)7/h2-5H,1H3,(H2,8,9,10);2H,1,3-4H2,(H,6,7).